The predicted molar refractivity (Wildman–Crippen MR) is 65.7 cm³/mol. The highest BCUT2D eigenvalue weighted by atomic mass is 35.7. The molecule has 1 N–H and O–H groups in total. The number of hydrogen-bond acceptors (Lipinski definition) is 3. The van der Waals surface area contributed by atoms with Gasteiger partial charge in [-0.25, -0.2) is 8.42 Å². The van der Waals surface area contributed by atoms with Crippen molar-refractivity contribution >= 4 is 25.6 Å². The Labute approximate surface area is 105 Å². The minimum absolute atomic E-state index is 0.0356. The fourth-order valence-electron chi connectivity index (χ4n) is 1.29. The van der Waals surface area contributed by atoms with E-state index in [9.17, 15) is 13.2 Å². The van der Waals surface area contributed by atoms with Crippen molar-refractivity contribution < 1.29 is 13.2 Å². The lowest BCUT2D eigenvalue weighted by Gasteiger charge is -2.11. The van der Waals surface area contributed by atoms with Crippen molar-refractivity contribution in [2.24, 2.45) is 7.05 Å². The fourth-order valence-corrected chi connectivity index (χ4v) is 2.08. The van der Waals surface area contributed by atoms with Gasteiger partial charge in [0.1, 0.15) is 10.6 Å². The van der Waals surface area contributed by atoms with Crippen molar-refractivity contribution in [3.63, 3.8) is 0 Å². The number of aromatic nitrogens is 1. The largest absolute Gasteiger partial charge is 0.348 e. The molecule has 1 atom stereocenters. The first kappa shape index (κ1) is 14.1. The molecule has 1 aromatic heterocycles. The first-order valence-corrected chi connectivity index (χ1v) is 7.48. The summed E-state index contributed by atoms with van der Waals surface area (Å²) in [5.41, 5.74) is 0.268. The molecule has 1 rings (SSSR count). The summed E-state index contributed by atoms with van der Waals surface area (Å²) in [6.07, 6.45) is 2.12. The summed E-state index contributed by atoms with van der Waals surface area (Å²) >= 11 is 0. The lowest BCUT2D eigenvalue weighted by Crippen LogP contribution is -2.33. The molecule has 0 bridgehead atoms. The van der Waals surface area contributed by atoms with Crippen LogP contribution in [0.25, 0.3) is 0 Å². The van der Waals surface area contributed by atoms with E-state index in [0.717, 1.165) is 6.42 Å². The van der Waals surface area contributed by atoms with Crippen LogP contribution in [-0.2, 0) is 16.1 Å². The molecule has 0 saturated heterocycles. The number of hydrogen-bond donors (Lipinski definition) is 1. The Hall–Kier alpha value is -1.01. The second-order valence-corrected chi connectivity index (χ2v) is 6.46. The summed E-state index contributed by atoms with van der Waals surface area (Å²) in [7, 11) is 3.00. The van der Waals surface area contributed by atoms with Crippen molar-refractivity contribution in [2.45, 2.75) is 31.2 Å². The van der Waals surface area contributed by atoms with Gasteiger partial charge in [-0.3, -0.25) is 4.79 Å². The summed E-state index contributed by atoms with van der Waals surface area (Å²) < 4.78 is 23.7. The van der Waals surface area contributed by atoms with Crippen molar-refractivity contribution in [2.75, 3.05) is 0 Å². The number of nitrogens with zero attached hydrogens (tertiary/aromatic N) is 1. The first-order chi connectivity index (χ1) is 7.75. The standard InChI is InChI=1S/C10H15ClN2O3S/c1-4-7(2)12-10(14)9-5-8(6-13(9)3)17(11,15)16/h5-7H,4H2,1-3H3,(H,12,14). The highest BCUT2D eigenvalue weighted by molar-refractivity contribution is 8.13. The molecule has 0 aliphatic heterocycles. The summed E-state index contributed by atoms with van der Waals surface area (Å²) in [4.78, 5) is 11.7. The topological polar surface area (TPSA) is 68.2 Å². The zero-order valence-electron chi connectivity index (χ0n) is 9.90. The van der Waals surface area contributed by atoms with E-state index in [4.69, 9.17) is 10.7 Å². The third-order valence-corrected chi connectivity index (χ3v) is 3.80. The number of rotatable bonds is 4. The fraction of sp³-hybridized carbons (Fsp3) is 0.500. The molecule has 0 aliphatic carbocycles. The molecule has 1 heterocycles. The lowest BCUT2D eigenvalue weighted by atomic mass is 10.2. The molecule has 96 valence electrons. The SMILES string of the molecule is CCC(C)NC(=O)c1cc(S(=O)(=O)Cl)cn1C. The Bertz CT molecular complexity index is 522. The Kier molecular flexibility index (Phi) is 4.21. The molecule has 17 heavy (non-hydrogen) atoms. The molecule has 1 aromatic rings. The van der Waals surface area contributed by atoms with Crippen LogP contribution in [0.4, 0.5) is 0 Å². The van der Waals surface area contributed by atoms with Crippen LogP contribution < -0.4 is 5.32 Å². The van der Waals surface area contributed by atoms with Gasteiger partial charge >= 0.3 is 0 Å². The molecule has 1 unspecified atom stereocenters. The van der Waals surface area contributed by atoms with E-state index in [2.05, 4.69) is 5.32 Å². The number of carbonyl (C=O) groups is 1. The first-order valence-electron chi connectivity index (χ1n) is 5.17. The van der Waals surface area contributed by atoms with Gasteiger partial charge in [0.25, 0.3) is 15.0 Å². The molecule has 0 fully saturated rings. The molecule has 0 saturated carbocycles. The Morgan fingerprint density at radius 2 is 2.18 bits per heavy atom. The summed E-state index contributed by atoms with van der Waals surface area (Å²) in [6.45, 7) is 3.82. The molecule has 5 nitrogen and oxygen atoms in total. The Balaban J connectivity index is 3.00. The van der Waals surface area contributed by atoms with E-state index in [-0.39, 0.29) is 22.5 Å². The number of aryl methyl sites for hydroxylation is 1. The van der Waals surface area contributed by atoms with Crippen LogP contribution >= 0.6 is 10.7 Å². The van der Waals surface area contributed by atoms with Gasteiger partial charge in [0.2, 0.25) is 0 Å². The molecule has 0 aliphatic rings. The number of nitrogens with one attached hydrogen (secondary N) is 1. The molecule has 1 amide bonds. The maximum absolute atomic E-state index is 11.8. The number of amides is 1. The van der Waals surface area contributed by atoms with Crippen molar-refractivity contribution in [3.8, 4) is 0 Å². The third-order valence-electron chi connectivity index (χ3n) is 2.48. The second kappa shape index (κ2) is 5.10. The van der Waals surface area contributed by atoms with Crippen LogP contribution in [-0.4, -0.2) is 24.9 Å². The van der Waals surface area contributed by atoms with Gasteiger partial charge in [-0.05, 0) is 19.4 Å². The van der Waals surface area contributed by atoms with Crippen LogP contribution in [0.5, 0.6) is 0 Å². The minimum atomic E-state index is -3.80. The van der Waals surface area contributed by atoms with Crippen LogP contribution in [0.2, 0.25) is 0 Å². The molecule has 0 spiro atoms. The van der Waals surface area contributed by atoms with Crippen molar-refractivity contribution in [1.82, 2.24) is 9.88 Å². The molecule has 0 radical (unpaired) electrons. The van der Waals surface area contributed by atoms with E-state index in [0.29, 0.717) is 0 Å². The van der Waals surface area contributed by atoms with Crippen LogP contribution in [0, 0.1) is 0 Å². The normalized spacial score (nSPS) is 13.4. The van der Waals surface area contributed by atoms with Crippen LogP contribution in [0.15, 0.2) is 17.2 Å². The quantitative estimate of drug-likeness (QED) is 0.848. The van der Waals surface area contributed by atoms with Crippen molar-refractivity contribution in [1.29, 1.82) is 0 Å². The third kappa shape index (κ3) is 3.47. The van der Waals surface area contributed by atoms with Gasteiger partial charge in [-0.1, -0.05) is 6.92 Å². The Morgan fingerprint density at radius 1 is 1.59 bits per heavy atom. The highest BCUT2D eigenvalue weighted by Crippen LogP contribution is 2.17. The van der Waals surface area contributed by atoms with E-state index in [1.165, 1.54) is 16.8 Å². The monoisotopic (exact) mass is 278 g/mol. The average molecular weight is 279 g/mol. The van der Waals surface area contributed by atoms with Gasteiger partial charge < -0.3 is 9.88 Å². The van der Waals surface area contributed by atoms with Gasteiger partial charge in [0, 0.05) is 30.0 Å². The second-order valence-electron chi connectivity index (χ2n) is 3.89. The summed E-state index contributed by atoms with van der Waals surface area (Å²) in [5, 5.41) is 2.75. The maximum atomic E-state index is 11.8. The average Bonchev–Trinajstić information content (AvgIpc) is 2.59. The zero-order chi connectivity index (χ0) is 13.2. The number of halogens is 1. The van der Waals surface area contributed by atoms with E-state index in [1.807, 2.05) is 13.8 Å². The molecular formula is C10H15ClN2O3S. The smallest absolute Gasteiger partial charge is 0.268 e. The number of carbonyl (C=O) groups excluding carboxylic acids is 1. The van der Waals surface area contributed by atoms with E-state index < -0.39 is 9.05 Å². The van der Waals surface area contributed by atoms with Gasteiger partial charge in [0.05, 0.1) is 0 Å². The van der Waals surface area contributed by atoms with E-state index in [1.54, 1.807) is 7.05 Å². The van der Waals surface area contributed by atoms with Crippen LogP contribution in [0.1, 0.15) is 30.8 Å². The minimum Gasteiger partial charge on any atom is -0.348 e. The predicted octanol–water partition coefficient (Wildman–Crippen LogP) is 1.48. The van der Waals surface area contributed by atoms with Crippen LogP contribution in [0.3, 0.4) is 0 Å². The zero-order valence-corrected chi connectivity index (χ0v) is 11.5. The highest BCUT2D eigenvalue weighted by Gasteiger charge is 2.19. The molecule has 7 heteroatoms. The van der Waals surface area contributed by atoms with E-state index >= 15 is 0 Å². The molecular weight excluding hydrogens is 264 g/mol. The Morgan fingerprint density at radius 3 is 2.59 bits per heavy atom. The summed E-state index contributed by atoms with van der Waals surface area (Å²) in [6, 6.07) is 1.30. The van der Waals surface area contributed by atoms with Gasteiger partial charge in [0.15, 0.2) is 0 Å². The lowest BCUT2D eigenvalue weighted by molar-refractivity contribution is 0.0931. The van der Waals surface area contributed by atoms with Gasteiger partial charge in [-0.2, -0.15) is 0 Å². The van der Waals surface area contributed by atoms with Gasteiger partial charge in [-0.15, -0.1) is 0 Å². The van der Waals surface area contributed by atoms with Crippen molar-refractivity contribution in [3.05, 3.63) is 18.0 Å². The maximum Gasteiger partial charge on any atom is 0.268 e. The molecule has 0 aromatic carbocycles. The summed E-state index contributed by atoms with van der Waals surface area (Å²) in [5.74, 6) is -0.312.